The molecule has 0 saturated carbocycles. The monoisotopic (exact) mass is 215 g/mol. The number of hydrogen-bond donors (Lipinski definition) is 1. The van der Waals surface area contributed by atoms with E-state index in [1.807, 2.05) is 16.8 Å². The third kappa shape index (κ3) is 3.70. The normalized spacial score (nSPS) is 20.8. The van der Waals surface area contributed by atoms with Gasteiger partial charge in [-0.15, -0.1) is 0 Å². The molecule has 0 spiro atoms. The van der Waals surface area contributed by atoms with Crippen molar-refractivity contribution in [2.45, 2.75) is 13.8 Å². The molecule has 0 aromatic rings. The number of nitro groups is 1. The van der Waals surface area contributed by atoms with Gasteiger partial charge in [-0.1, -0.05) is 13.8 Å². The average molecular weight is 215 g/mol. The third-order valence-electron chi connectivity index (χ3n) is 1.98. The Balaban J connectivity index is 2.70. The highest BCUT2D eigenvalue weighted by Crippen LogP contribution is 2.04. The first-order valence-electron chi connectivity index (χ1n) is 4.89. The van der Waals surface area contributed by atoms with Gasteiger partial charge in [0.15, 0.2) is 5.03 Å². The highest BCUT2D eigenvalue weighted by atomic mass is 16.7. The molecule has 1 heterocycles. The van der Waals surface area contributed by atoms with E-state index >= 15 is 0 Å². The summed E-state index contributed by atoms with van der Waals surface area (Å²) in [7, 11) is 1.95. The van der Waals surface area contributed by atoms with Crippen LogP contribution in [0, 0.1) is 16.0 Å². The largest absolute Gasteiger partial charge is 0.338 e. The van der Waals surface area contributed by atoms with Gasteiger partial charge in [0.25, 0.3) is 5.96 Å². The van der Waals surface area contributed by atoms with Gasteiger partial charge in [-0.3, -0.25) is 4.90 Å². The second-order valence-electron chi connectivity index (χ2n) is 4.11. The quantitative estimate of drug-likeness (QED) is 0.527. The zero-order chi connectivity index (χ0) is 11.4. The number of nitrogens with one attached hydrogen (secondary N) is 1. The summed E-state index contributed by atoms with van der Waals surface area (Å²) >= 11 is 0. The van der Waals surface area contributed by atoms with Gasteiger partial charge in [0.1, 0.15) is 5.10 Å². The first-order valence-corrected chi connectivity index (χ1v) is 4.89. The molecular formula is C8H17N5O2. The van der Waals surface area contributed by atoms with Gasteiger partial charge < -0.3 is 10.2 Å². The second kappa shape index (κ2) is 4.92. The van der Waals surface area contributed by atoms with Crippen molar-refractivity contribution in [2.24, 2.45) is 11.0 Å². The van der Waals surface area contributed by atoms with Crippen LogP contribution in [0.15, 0.2) is 5.10 Å². The van der Waals surface area contributed by atoms with Crippen LogP contribution < -0.4 is 5.32 Å². The molecule has 1 aliphatic rings. The predicted octanol–water partition coefficient (Wildman–Crippen LogP) is -0.0579. The molecular weight excluding hydrogens is 198 g/mol. The van der Waals surface area contributed by atoms with Crippen molar-refractivity contribution < 1.29 is 5.03 Å². The first kappa shape index (κ1) is 11.7. The molecule has 1 aliphatic heterocycles. The standard InChI is InChI=1S/C8H17N5O2/c1-7(2)4-12-6-11(3)5-9-8(12)10-13(14)15/h7H,4-6H2,1-3H3,(H,9,10). The Labute approximate surface area is 88.9 Å². The number of hydrogen-bond acceptors (Lipinski definition) is 3. The van der Waals surface area contributed by atoms with Gasteiger partial charge in [-0.25, -0.2) is 10.1 Å². The summed E-state index contributed by atoms with van der Waals surface area (Å²) in [6.45, 7) is 6.14. The summed E-state index contributed by atoms with van der Waals surface area (Å²) in [6, 6.07) is 0. The molecule has 0 atom stereocenters. The van der Waals surface area contributed by atoms with E-state index in [1.54, 1.807) is 0 Å². The number of rotatable bonds is 3. The Kier molecular flexibility index (Phi) is 3.84. The fraction of sp³-hybridized carbons (Fsp3) is 0.875. The number of hydrazone groups is 1. The van der Waals surface area contributed by atoms with E-state index in [0.717, 1.165) is 6.54 Å². The smallest absolute Gasteiger partial charge is 0.273 e. The van der Waals surface area contributed by atoms with Gasteiger partial charge in [-0.2, -0.15) is 0 Å². The molecule has 1 saturated heterocycles. The molecule has 0 bridgehead atoms. The molecule has 15 heavy (non-hydrogen) atoms. The van der Waals surface area contributed by atoms with E-state index in [0.29, 0.717) is 25.2 Å². The first-order chi connectivity index (χ1) is 6.99. The Morgan fingerprint density at radius 1 is 1.67 bits per heavy atom. The van der Waals surface area contributed by atoms with Crippen LogP contribution >= 0.6 is 0 Å². The van der Waals surface area contributed by atoms with E-state index < -0.39 is 5.03 Å². The molecule has 0 unspecified atom stereocenters. The van der Waals surface area contributed by atoms with Gasteiger partial charge in [0.05, 0.1) is 13.3 Å². The lowest BCUT2D eigenvalue weighted by atomic mass is 10.2. The minimum atomic E-state index is -0.666. The summed E-state index contributed by atoms with van der Waals surface area (Å²) in [5.74, 6) is 0.794. The Bertz CT molecular complexity index is 264. The summed E-state index contributed by atoms with van der Waals surface area (Å²) in [4.78, 5) is 14.2. The van der Waals surface area contributed by atoms with E-state index in [4.69, 9.17) is 0 Å². The molecule has 1 fully saturated rings. The fourth-order valence-corrected chi connectivity index (χ4v) is 1.49. The van der Waals surface area contributed by atoms with Crippen LogP contribution in [-0.2, 0) is 0 Å². The van der Waals surface area contributed by atoms with Crippen molar-refractivity contribution in [1.82, 2.24) is 15.1 Å². The summed E-state index contributed by atoms with van der Waals surface area (Å²) in [5, 5.41) is 15.9. The lowest BCUT2D eigenvalue weighted by molar-refractivity contribution is -0.486. The zero-order valence-electron chi connectivity index (χ0n) is 9.30. The second-order valence-corrected chi connectivity index (χ2v) is 4.11. The zero-order valence-corrected chi connectivity index (χ0v) is 9.30. The van der Waals surface area contributed by atoms with Crippen LogP contribution in [-0.4, -0.2) is 47.7 Å². The maximum Gasteiger partial charge on any atom is 0.273 e. The summed E-state index contributed by atoms with van der Waals surface area (Å²) in [5.41, 5.74) is 0. The minimum Gasteiger partial charge on any atom is -0.338 e. The number of nitrogens with zero attached hydrogens (tertiary/aromatic N) is 4. The Morgan fingerprint density at radius 2 is 2.33 bits per heavy atom. The highest BCUT2D eigenvalue weighted by molar-refractivity contribution is 5.79. The SMILES string of the molecule is CC(C)CN1CN(C)CN/C1=N/[N+](=O)[O-]. The van der Waals surface area contributed by atoms with Crippen molar-refractivity contribution in [2.75, 3.05) is 26.9 Å². The van der Waals surface area contributed by atoms with E-state index in [-0.39, 0.29) is 0 Å². The molecule has 7 heteroatoms. The minimum absolute atomic E-state index is 0.354. The average Bonchev–Trinajstić information content (AvgIpc) is 2.08. The molecule has 1 N–H and O–H groups in total. The van der Waals surface area contributed by atoms with Gasteiger partial charge >= 0.3 is 0 Å². The lowest BCUT2D eigenvalue weighted by Crippen LogP contribution is -2.56. The highest BCUT2D eigenvalue weighted by Gasteiger charge is 2.22. The van der Waals surface area contributed by atoms with Crippen LogP contribution in [0.4, 0.5) is 0 Å². The summed E-state index contributed by atoms with van der Waals surface area (Å²) < 4.78 is 0. The third-order valence-corrected chi connectivity index (χ3v) is 1.98. The molecule has 0 radical (unpaired) electrons. The van der Waals surface area contributed by atoms with Crippen molar-refractivity contribution in [3.05, 3.63) is 10.1 Å². The van der Waals surface area contributed by atoms with Gasteiger partial charge in [0.2, 0.25) is 0 Å². The molecule has 0 aliphatic carbocycles. The van der Waals surface area contributed by atoms with Crippen LogP contribution in [0.1, 0.15) is 13.8 Å². The molecule has 7 nitrogen and oxygen atoms in total. The van der Waals surface area contributed by atoms with Crippen molar-refractivity contribution >= 4 is 5.96 Å². The fourth-order valence-electron chi connectivity index (χ4n) is 1.49. The lowest BCUT2D eigenvalue weighted by Gasteiger charge is -2.35. The molecule has 0 aromatic carbocycles. The maximum absolute atomic E-state index is 10.3. The van der Waals surface area contributed by atoms with Gasteiger partial charge in [-0.05, 0) is 13.0 Å². The predicted molar refractivity (Wildman–Crippen MR) is 56.6 cm³/mol. The molecule has 0 amide bonds. The van der Waals surface area contributed by atoms with Crippen molar-refractivity contribution in [3.63, 3.8) is 0 Å². The van der Waals surface area contributed by atoms with Crippen LogP contribution in [0.3, 0.4) is 0 Å². The molecule has 86 valence electrons. The van der Waals surface area contributed by atoms with E-state index in [1.165, 1.54) is 0 Å². The van der Waals surface area contributed by atoms with Crippen molar-refractivity contribution in [1.29, 1.82) is 0 Å². The Hall–Kier alpha value is -1.37. The molecule has 1 rings (SSSR count). The van der Waals surface area contributed by atoms with Crippen LogP contribution in [0.2, 0.25) is 0 Å². The maximum atomic E-state index is 10.3. The Morgan fingerprint density at radius 3 is 2.87 bits per heavy atom. The van der Waals surface area contributed by atoms with Crippen LogP contribution in [0.5, 0.6) is 0 Å². The topological polar surface area (TPSA) is 74.0 Å². The van der Waals surface area contributed by atoms with Gasteiger partial charge in [0, 0.05) is 6.54 Å². The summed E-state index contributed by atoms with van der Waals surface area (Å²) in [6.07, 6.45) is 0. The molecule has 0 aromatic heterocycles. The van der Waals surface area contributed by atoms with E-state index in [2.05, 4.69) is 24.3 Å². The van der Waals surface area contributed by atoms with Crippen molar-refractivity contribution in [3.8, 4) is 0 Å². The van der Waals surface area contributed by atoms with E-state index in [9.17, 15) is 10.1 Å². The number of guanidine groups is 1. The van der Waals surface area contributed by atoms with Crippen LogP contribution in [0.25, 0.3) is 0 Å².